The van der Waals surface area contributed by atoms with Gasteiger partial charge < -0.3 is 20.6 Å². The number of carboxylic acids is 1. The molecule has 2 saturated heterocycles. The summed E-state index contributed by atoms with van der Waals surface area (Å²) in [6, 6.07) is 8.35. The average Bonchev–Trinajstić information content (AvgIpc) is 3.10. The molecule has 2 aromatic rings. The van der Waals surface area contributed by atoms with Crippen LogP contribution in [0.3, 0.4) is 0 Å². The second-order valence-corrected chi connectivity index (χ2v) is 9.25. The molecule has 3 heterocycles. The Morgan fingerprint density at radius 2 is 2.04 bits per heavy atom. The van der Waals surface area contributed by atoms with Crippen molar-refractivity contribution in [2.75, 3.05) is 6.54 Å². The van der Waals surface area contributed by atoms with E-state index in [2.05, 4.69) is 10.4 Å². The number of carbonyl (C=O) groups is 3. The second kappa shape index (κ2) is 7.16. The maximum atomic E-state index is 13.3. The molecule has 0 bridgehead atoms. The van der Waals surface area contributed by atoms with E-state index < -0.39 is 38.5 Å². The van der Waals surface area contributed by atoms with Crippen LogP contribution in [0.1, 0.15) is 25.5 Å². The van der Waals surface area contributed by atoms with Crippen molar-refractivity contribution in [1.29, 1.82) is 0 Å². The zero-order valence-electron chi connectivity index (χ0n) is 14.9. The molecular weight excluding hydrogens is 391 g/mol. The third-order valence-corrected chi connectivity index (χ3v) is 7.09. The zero-order chi connectivity index (χ0) is 19.6. The van der Waals surface area contributed by atoms with E-state index in [1.807, 2.05) is 30.3 Å². The number of benzene rings is 1. The molecule has 4 N–H and O–H groups in total. The van der Waals surface area contributed by atoms with Crippen LogP contribution in [0.25, 0.3) is 10.9 Å². The van der Waals surface area contributed by atoms with Gasteiger partial charge in [0.2, 0.25) is 0 Å². The Labute approximate surface area is 188 Å². The molecule has 1 unspecified atom stereocenters. The predicted molar refractivity (Wildman–Crippen MR) is 105 cm³/mol. The topological polar surface area (TPSA) is 128 Å². The quantitative estimate of drug-likeness (QED) is 0.333. The molecular formula is C18H21N4NaO4S. The number of thioether (sulfide) groups is 1. The summed E-state index contributed by atoms with van der Waals surface area (Å²) in [5.74, 6) is -2.87. The van der Waals surface area contributed by atoms with Crippen LogP contribution in [0.2, 0.25) is 0 Å². The number of hydrogen-bond acceptors (Lipinski definition) is 6. The third-order valence-electron chi connectivity index (χ3n) is 5.41. The van der Waals surface area contributed by atoms with Crippen LogP contribution in [0.5, 0.6) is 0 Å². The zero-order valence-corrected chi connectivity index (χ0v) is 15.7. The molecule has 10 heteroatoms. The van der Waals surface area contributed by atoms with Crippen molar-refractivity contribution in [2.24, 2.45) is 5.73 Å². The number of H-pyrrole nitrogens is 1. The van der Waals surface area contributed by atoms with Crippen molar-refractivity contribution in [2.45, 2.75) is 35.9 Å². The number of hydrogen-bond donors (Lipinski definition) is 3. The Morgan fingerprint density at radius 3 is 2.64 bits per heavy atom. The SMILES string of the molecule is CC1(C)S[C@@H]2[C@H](c3cc4ccccc4[nH]3)C(=O)[N+]2(NC(=O)CN)[C@H]1C(=O)[O-].[NaH]. The molecule has 2 fully saturated rings. The van der Waals surface area contributed by atoms with Gasteiger partial charge in [0, 0.05) is 11.2 Å². The Balaban J connectivity index is 0.00000225. The summed E-state index contributed by atoms with van der Waals surface area (Å²) < 4.78 is -1.46. The van der Waals surface area contributed by atoms with Gasteiger partial charge in [0.05, 0.1) is 11.3 Å². The van der Waals surface area contributed by atoms with Gasteiger partial charge in [0.1, 0.15) is 5.97 Å². The van der Waals surface area contributed by atoms with Gasteiger partial charge in [-0.15, -0.1) is 4.59 Å². The Kier molecular flexibility index (Phi) is 5.46. The fraction of sp³-hybridized carbons (Fsp3) is 0.389. The number of fused-ring (bicyclic) bond motifs is 2. The van der Waals surface area contributed by atoms with E-state index in [-0.39, 0.29) is 42.0 Å². The maximum absolute atomic E-state index is 13.3. The van der Waals surface area contributed by atoms with Crippen LogP contribution in [0, 0.1) is 0 Å². The Morgan fingerprint density at radius 1 is 1.36 bits per heavy atom. The van der Waals surface area contributed by atoms with Gasteiger partial charge in [-0.3, -0.25) is 4.79 Å². The van der Waals surface area contributed by atoms with E-state index in [9.17, 15) is 19.5 Å². The van der Waals surface area contributed by atoms with Crippen LogP contribution in [-0.2, 0) is 14.4 Å². The summed E-state index contributed by atoms with van der Waals surface area (Å²) in [5, 5.41) is 12.4. The first kappa shape index (κ1) is 21.4. The minimum atomic E-state index is -1.37. The van der Waals surface area contributed by atoms with Crippen LogP contribution < -0.4 is 16.3 Å². The number of carbonyl (C=O) groups excluding carboxylic acids is 3. The van der Waals surface area contributed by atoms with Crippen LogP contribution in [-0.4, -0.2) is 79.6 Å². The fourth-order valence-electron chi connectivity index (χ4n) is 4.36. The van der Waals surface area contributed by atoms with E-state index in [1.54, 1.807) is 13.8 Å². The number of aromatic amines is 1. The van der Waals surface area contributed by atoms with Crippen molar-refractivity contribution in [1.82, 2.24) is 10.4 Å². The molecule has 8 nitrogen and oxygen atoms in total. The number of amides is 2. The van der Waals surface area contributed by atoms with Gasteiger partial charge in [-0.1, -0.05) is 30.0 Å². The number of carboxylic acid groups (broad SMARTS) is 1. The van der Waals surface area contributed by atoms with Gasteiger partial charge in [-0.25, -0.2) is 4.79 Å². The number of aromatic nitrogens is 1. The molecule has 1 aromatic carbocycles. The van der Waals surface area contributed by atoms with Crippen molar-refractivity contribution in [3.05, 3.63) is 36.0 Å². The minimum absolute atomic E-state index is 0. The fourth-order valence-corrected chi connectivity index (χ4v) is 6.21. The molecule has 0 radical (unpaired) electrons. The summed E-state index contributed by atoms with van der Waals surface area (Å²) in [6.07, 6.45) is 0. The summed E-state index contributed by atoms with van der Waals surface area (Å²) in [6.45, 7) is 3.17. The van der Waals surface area contributed by atoms with Crippen LogP contribution >= 0.6 is 11.8 Å². The van der Waals surface area contributed by atoms with Crippen molar-refractivity contribution in [3.8, 4) is 0 Å². The Bertz CT molecular complexity index is 944. The first-order valence-electron chi connectivity index (χ1n) is 8.62. The number of aliphatic carboxylic acids is 1. The number of para-hydroxylation sites is 1. The molecule has 2 amide bonds. The summed E-state index contributed by atoms with van der Waals surface area (Å²) in [7, 11) is 0. The molecule has 0 saturated carbocycles. The Hall–Kier alpha value is -1.36. The van der Waals surface area contributed by atoms with E-state index in [0.717, 1.165) is 10.9 Å². The monoisotopic (exact) mass is 412 g/mol. The van der Waals surface area contributed by atoms with Crippen molar-refractivity contribution >= 4 is 70.0 Å². The number of nitrogens with zero attached hydrogens (tertiary/aromatic N) is 1. The summed E-state index contributed by atoms with van der Waals surface area (Å²) in [4.78, 5) is 40.5. The van der Waals surface area contributed by atoms with Gasteiger partial charge >= 0.3 is 35.5 Å². The number of rotatable bonds is 4. The summed E-state index contributed by atoms with van der Waals surface area (Å²) in [5.41, 5.74) is 9.59. The van der Waals surface area contributed by atoms with Crippen molar-refractivity contribution in [3.63, 3.8) is 0 Å². The standard InChI is InChI=1S/C18H20N4O4S.Na.H/c1-18(2)14(17(25)26)22(21-12(23)8-19)15(24)13(16(22)27-18)11-7-9-5-3-4-6-10(9)20-11;;/h3-7,13-14,16,20H,8,19H2,1-2H3,(H-,21,23,25,26);;/t13-,14+,16-,22?;;/m1../s1. The number of nitrogens with two attached hydrogens (primary N) is 1. The first-order chi connectivity index (χ1) is 12.7. The molecule has 1 aromatic heterocycles. The van der Waals surface area contributed by atoms with Gasteiger partial charge in [-0.05, 0) is 31.4 Å². The number of nitrogens with one attached hydrogen (secondary N) is 2. The van der Waals surface area contributed by atoms with Crippen molar-refractivity contribution < 1.29 is 24.1 Å². The van der Waals surface area contributed by atoms with E-state index in [0.29, 0.717) is 5.69 Å². The van der Waals surface area contributed by atoms with E-state index in [1.165, 1.54) is 11.8 Å². The van der Waals surface area contributed by atoms with Crippen LogP contribution in [0.4, 0.5) is 0 Å². The third kappa shape index (κ3) is 2.84. The first-order valence-corrected chi connectivity index (χ1v) is 9.50. The molecule has 0 spiro atoms. The van der Waals surface area contributed by atoms with Gasteiger partial charge in [-0.2, -0.15) is 5.43 Å². The predicted octanol–water partition coefficient (Wildman–Crippen LogP) is -1.08. The molecule has 144 valence electrons. The number of β-lactam (4-membered cyclic amide) rings is 1. The number of quaternary nitrogens is 1. The van der Waals surface area contributed by atoms with E-state index in [4.69, 9.17) is 5.73 Å². The molecule has 4 rings (SSSR count). The van der Waals surface area contributed by atoms with Gasteiger partial charge in [0.15, 0.2) is 17.3 Å². The molecule has 28 heavy (non-hydrogen) atoms. The summed E-state index contributed by atoms with van der Waals surface area (Å²) >= 11 is 1.38. The second-order valence-electron chi connectivity index (χ2n) is 7.48. The van der Waals surface area contributed by atoms with E-state index >= 15 is 0 Å². The molecule has 4 atom stereocenters. The van der Waals surface area contributed by atoms with Gasteiger partial charge in [0.25, 0.3) is 5.91 Å². The average molecular weight is 412 g/mol. The molecule has 2 aliphatic heterocycles. The van der Waals surface area contributed by atoms with Crippen LogP contribution in [0.15, 0.2) is 30.3 Å². The molecule has 0 aliphatic carbocycles. The normalized spacial score (nSPS) is 30.2. The molecule has 2 aliphatic rings.